The lowest BCUT2D eigenvalue weighted by molar-refractivity contribution is 0.162. The van der Waals surface area contributed by atoms with Gasteiger partial charge in [0.25, 0.3) is 0 Å². The molecule has 0 aromatic heterocycles. The van der Waals surface area contributed by atoms with Crippen LogP contribution in [0.3, 0.4) is 0 Å². The summed E-state index contributed by atoms with van der Waals surface area (Å²) in [6.07, 6.45) is -1.03. The van der Waals surface area contributed by atoms with Crippen LogP contribution in [0, 0.1) is 17.5 Å². The summed E-state index contributed by atoms with van der Waals surface area (Å²) in [5, 5.41) is 9.05. The maximum Gasteiger partial charge on any atom is 0.194 e. The number of rotatable bonds is 2. The van der Waals surface area contributed by atoms with Gasteiger partial charge in [0.1, 0.15) is 0 Å². The number of benzene rings is 1. The van der Waals surface area contributed by atoms with E-state index in [1.54, 1.807) is 0 Å². The van der Waals surface area contributed by atoms with Crippen molar-refractivity contribution in [1.82, 2.24) is 0 Å². The third kappa shape index (κ3) is 2.84. The molecule has 1 rings (SSSR count). The predicted octanol–water partition coefficient (Wildman–Crippen LogP) is 1.91. The highest BCUT2D eigenvalue weighted by atomic mass is 35.5. The summed E-state index contributed by atoms with van der Waals surface area (Å²) in [4.78, 5) is 0. The zero-order valence-corrected chi connectivity index (χ0v) is 8.69. The molecule has 1 aromatic carbocycles. The average Bonchev–Trinajstić information content (AvgIpc) is 2.13. The van der Waals surface area contributed by atoms with Gasteiger partial charge in [-0.2, -0.15) is 0 Å². The van der Waals surface area contributed by atoms with E-state index in [1.165, 1.54) is 6.92 Å². The van der Waals surface area contributed by atoms with Crippen LogP contribution >= 0.6 is 12.4 Å². The van der Waals surface area contributed by atoms with Gasteiger partial charge in [0.05, 0.1) is 12.1 Å². The average molecular weight is 242 g/mol. The lowest BCUT2D eigenvalue weighted by atomic mass is 10.0. The van der Waals surface area contributed by atoms with E-state index in [4.69, 9.17) is 10.8 Å². The topological polar surface area (TPSA) is 46.2 Å². The number of aliphatic hydroxyl groups excluding tert-OH is 1. The van der Waals surface area contributed by atoms with Gasteiger partial charge < -0.3 is 10.8 Å². The largest absolute Gasteiger partial charge is 0.391 e. The van der Waals surface area contributed by atoms with Crippen LogP contribution in [-0.2, 0) is 0 Å². The van der Waals surface area contributed by atoms with E-state index in [1.807, 2.05) is 0 Å². The van der Waals surface area contributed by atoms with Crippen LogP contribution in [0.2, 0.25) is 0 Å². The van der Waals surface area contributed by atoms with E-state index >= 15 is 0 Å². The summed E-state index contributed by atoms with van der Waals surface area (Å²) in [5.74, 6) is -4.19. The van der Waals surface area contributed by atoms with Crippen LogP contribution in [-0.4, -0.2) is 11.2 Å². The van der Waals surface area contributed by atoms with Crippen LogP contribution < -0.4 is 5.73 Å². The monoisotopic (exact) mass is 241 g/mol. The van der Waals surface area contributed by atoms with E-state index < -0.39 is 29.6 Å². The highest BCUT2D eigenvalue weighted by Crippen LogP contribution is 2.21. The second kappa shape index (κ2) is 5.34. The standard InChI is InChI=1S/C9H10F3NO.ClH/c1-4(14)9(13)5-2-3-6(10)8(12)7(5)11;/h2-4,9,14H,13H2,1H3;1H/t4-,9-;/m1./s1. The van der Waals surface area contributed by atoms with Crippen LogP contribution in [0.15, 0.2) is 12.1 Å². The molecule has 0 bridgehead atoms. The molecule has 1 aromatic rings. The number of aliphatic hydroxyl groups is 1. The fourth-order valence-corrected chi connectivity index (χ4v) is 1.06. The zero-order valence-electron chi connectivity index (χ0n) is 7.88. The van der Waals surface area contributed by atoms with E-state index in [9.17, 15) is 13.2 Å². The number of hydrogen-bond donors (Lipinski definition) is 2. The molecule has 0 radical (unpaired) electrons. The molecule has 0 spiro atoms. The molecule has 0 amide bonds. The zero-order chi connectivity index (χ0) is 10.9. The molecule has 2 atom stereocenters. The van der Waals surface area contributed by atoms with Crippen molar-refractivity contribution < 1.29 is 18.3 Å². The molecule has 0 unspecified atom stereocenters. The van der Waals surface area contributed by atoms with Crippen molar-refractivity contribution in [2.45, 2.75) is 19.1 Å². The first-order valence-electron chi connectivity index (χ1n) is 4.02. The summed E-state index contributed by atoms with van der Waals surface area (Å²) in [6.45, 7) is 1.34. The highest BCUT2D eigenvalue weighted by molar-refractivity contribution is 5.85. The lowest BCUT2D eigenvalue weighted by Crippen LogP contribution is -2.24. The minimum Gasteiger partial charge on any atom is -0.391 e. The quantitative estimate of drug-likeness (QED) is 0.777. The van der Waals surface area contributed by atoms with Gasteiger partial charge in [0.2, 0.25) is 0 Å². The van der Waals surface area contributed by atoms with Crippen LogP contribution in [0.5, 0.6) is 0 Å². The van der Waals surface area contributed by atoms with Gasteiger partial charge in [-0.1, -0.05) is 6.07 Å². The van der Waals surface area contributed by atoms with Gasteiger partial charge in [-0.25, -0.2) is 13.2 Å². The van der Waals surface area contributed by atoms with E-state index in [-0.39, 0.29) is 18.0 Å². The van der Waals surface area contributed by atoms with Crippen molar-refractivity contribution >= 4 is 12.4 Å². The Hall–Kier alpha value is -0.780. The molecule has 0 fully saturated rings. The Kier molecular flexibility index (Phi) is 5.07. The van der Waals surface area contributed by atoms with Crippen molar-refractivity contribution in [2.24, 2.45) is 5.73 Å². The van der Waals surface area contributed by atoms with E-state index in [2.05, 4.69) is 0 Å². The fourth-order valence-electron chi connectivity index (χ4n) is 1.06. The molecule has 0 aliphatic rings. The number of nitrogens with two attached hydrogens (primary N) is 1. The summed E-state index contributed by atoms with van der Waals surface area (Å²) in [7, 11) is 0. The van der Waals surface area contributed by atoms with Crippen molar-refractivity contribution in [3.8, 4) is 0 Å². The maximum atomic E-state index is 13.1. The smallest absolute Gasteiger partial charge is 0.194 e. The Labute approximate surface area is 91.3 Å². The van der Waals surface area contributed by atoms with Crippen molar-refractivity contribution in [3.05, 3.63) is 35.1 Å². The minimum atomic E-state index is -1.57. The van der Waals surface area contributed by atoms with Gasteiger partial charge in [0, 0.05) is 5.56 Å². The Balaban J connectivity index is 0.00000196. The molecular formula is C9H11ClF3NO. The van der Waals surface area contributed by atoms with E-state index in [0.717, 1.165) is 12.1 Å². The molecule has 86 valence electrons. The summed E-state index contributed by atoms with van der Waals surface area (Å²) in [5.41, 5.74) is 5.14. The summed E-state index contributed by atoms with van der Waals surface area (Å²) < 4.78 is 38.3. The summed E-state index contributed by atoms with van der Waals surface area (Å²) in [6, 6.07) is 0.728. The highest BCUT2D eigenvalue weighted by Gasteiger charge is 2.20. The van der Waals surface area contributed by atoms with Gasteiger partial charge in [-0.15, -0.1) is 12.4 Å². The van der Waals surface area contributed by atoms with Gasteiger partial charge in [-0.3, -0.25) is 0 Å². The van der Waals surface area contributed by atoms with Crippen molar-refractivity contribution in [1.29, 1.82) is 0 Å². The Bertz CT molecular complexity index is 346. The second-order valence-corrected chi connectivity index (χ2v) is 3.03. The SMILES string of the molecule is C[C@@H](O)[C@@H](N)c1ccc(F)c(F)c1F.Cl. The normalized spacial score (nSPS) is 14.3. The number of halogens is 4. The molecule has 6 heteroatoms. The molecule has 3 N–H and O–H groups in total. The van der Waals surface area contributed by atoms with Gasteiger partial charge >= 0.3 is 0 Å². The van der Waals surface area contributed by atoms with Crippen molar-refractivity contribution in [3.63, 3.8) is 0 Å². The third-order valence-electron chi connectivity index (χ3n) is 1.94. The first-order valence-corrected chi connectivity index (χ1v) is 4.02. The third-order valence-corrected chi connectivity index (χ3v) is 1.94. The molecular weight excluding hydrogens is 231 g/mol. The Morgan fingerprint density at radius 2 is 1.73 bits per heavy atom. The van der Waals surface area contributed by atoms with Gasteiger partial charge in [0.15, 0.2) is 17.5 Å². The first-order chi connectivity index (χ1) is 6.45. The molecule has 0 saturated heterocycles. The number of hydrogen-bond acceptors (Lipinski definition) is 2. The lowest BCUT2D eigenvalue weighted by Gasteiger charge is -2.15. The molecule has 15 heavy (non-hydrogen) atoms. The second-order valence-electron chi connectivity index (χ2n) is 3.03. The molecule has 0 aliphatic heterocycles. The Morgan fingerprint density at radius 1 is 1.20 bits per heavy atom. The fraction of sp³-hybridized carbons (Fsp3) is 0.333. The summed E-state index contributed by atoms with van der Waals surface area (Å²) >= 11 is 0. The molecule has 0 aliphatic carbocycles. The minimum absolute atomic E-state index is 0. The Morgan fingerprint density at radius 3 is 2.20 bits per heavy atom. The van der Waals surface area contributed by atoms with Gasteiger partial charge in [-0.05, 0) is 13.0 Å². The predicted molar refractivity (Wildman–Crippen MR) is 52.2 cm³/mol. The molecule has 0 saturated carbocycles. The van der Waals surface area contributed by atoms with Crippen LogP contribution in [0.4, 0.5) is 13.2 Å². The van der Waals surface area contributed by atoms with Crippen LogP contribution in [0.1, 0.15) is 18.5 Å². The van der Waals surface area contributed by atoms with Crippen LogP contribution in [0.25, 0.3) is 0 Å². The maximum absolute atomic E-state index is 13.1. The molecule has 2 nitrogen and oxygen atoms in total. The molecule has 0 heterocycles. The first kappa shape index (κ1) is 14.2. The van der Waals surface area contributed by atoms with E-state index in [0.29, 0.717) is 0 Å². The van der Waals surface area contributed by atoms with Crippen molar-refractivity contribution in [2.75, 3.05) is 0 Å².